The Bertz CT molecular complexity index is 1630. The van der Waals surface area contributed by atoms with Gasteiger partial charge >= 0.3 is 24.1 Å². The first-order valence-corrected chi connectivity index (χ1v) is 17.7. The van der Waals surface area contributed by atoms with E-state index in [4.69, 9.17) is 9.47 Å². The van der Waals surface area contributed by atoms with E-state index in [1.807, 2.05) is 97.1 Å². The number of hydrogen-bond acceptors (Lipinski definition) is 8. The molecule has 246 valence electrons. The van der Waals surface area contributed by atoms with Crippen LogP contribution >= 0.6 is 21.6 Å². The van der Waals surface area contributed by atoms with Crippen molar-refractivity contribution in [1.29, 1.82) is 0 Å². The van der Waals surface area contributed by atoms with Crippen molar-refractivity contribution in [2.45, 2.75) is 23.9 Å². The number of fused-ring (bicyclic) bond motifs is 6. The van der Waals surface area contributed by atoms with Gasteiger partial charge in [-0.1, -0.05) is 119 Å². The number of nitrogens with one attached hydrogen (secondary N) is 2. The van der Waals surface area contributed by atoms with Crippen molar-refractivity contribution in [3.05, 3.63) is 119 Å². The van der Waals surface area contributed by atoms with Crippen LogP contribution in [0.2, 0.25) is 0 Å². The average molecular weight is 685 g/mol. The predicted molar refractivity (Wildman–Crippen MR) is 184 cm³/mol. The molecule has 12 heteroatoms. The molecule has 2 atom stereocenters. The Balaban J connectivity index is 0.957. The maximum absolute atomic E-state index is 12.6. The predicted octanol–water partition coefficient (Wildman–Crippen LogP) is 6.35. The third-order valence-electron chi connectivity index (χ3n) is 8.42. The van der Waals surface area contributed by atoms with E-state index in [-0.39, 0.29) is 36.6 Å². The molecule has 0 aromatic heterocycles. The summed E-state index contributed by atoms with van der Waals surface area (Å²) in [6.45, 7) is 0.0752. The number of carbonyl (C=O) groups is 4. The van der Waals surface area contributed by atoms with Gasteiger partial charge in [-0.15, -0.1) is 0 Å². The number of alkyl carbamates (subject to hydrolysis) is 2. The van der Waals surface area contributed by atoms with Crippen LogP contribution in [0.15, 0.2) is 97.1 Å². The number of hydrogen-bond donors (Lipinski definition) is 4. The van der Waals surface area contributed by atoms with Gasteiger partial charge in [0.2, 0.25) is 0 Å². The van der Waals surface area contributed by atoms with Crippen molar-refractivity contribution in [1.82, 2.24) is 10.6 Å². The maximum Gasteiger partial charge on any atom is 0.407 e. The SMILES string of the molecule is O=C(N[C@H](CSSC[C@@H](NC(=O)OCC1c2ccccc2-c2ccccc21)C(=O)O)C(=O)O)OCC1c2ccccc2-c2ccccc21. The molecule has 2 aliphatic carbocycles. The molecule has 0 spiro atoms. The van der Waals surface area contributed by atoms with Gasteiger partial charge in [0.15, 0.2) is 0 Å². The van der Waals surface area contributed by atoms with Crippen LogP contribution in [0, 0.1) is 0 Å². The topological polar surface area (TPSA) is 151 Å². The second-order valence-corrected chi connectivity index (χ2v) is 13.8. The normalized spacial score (nSPS) is 14.1. The van der Waals surface area contributed by atoms with Crippen molar-refractivity contribution >= 4 is 45.7 Å². The number of carboxylic acid groups (broad SMARTS) is 2. The summed E-state index contributed by atoms with van der Waals surface area (Å²) in [7, 11) is 2.12. The van der Waals surface area contributed by atoms with E-state index < -0.39 is 36.2 Å². The van der Waals surface area contributed by atoms with Crippen LogP contribution in [0.5, 0.6) is 0 Å². The summed E-state index contributed by atoms with van der Waals surface area (Å²) in [6, 6.07) is 29.0. The molecular formula is C36H32N2O8S2. The summed E-state index contributed by atoms with van der Waals surface area (Å²) in [5.41, 5.74) is 8.44. The number of carbonyl (C=O) groups excluding carboxylic acids is 2. The molecule has 0 saturated carbocycles. The lowest BCUT2D eigenvalue weighted by atomic mass is 9.98. The van der Waals surface area contributed by atoms with Crippen LogP contribution in [0.4, 0.5) is 9.59 Å². The van der Waals surface area contributed by atoms with Crippen molar-refractivity contribution in [3.8, 4) is 22.3 Å². The van der Waals surface area contributed by atoms with Gasteiger partial charge in [0.25, 0.3) is 0 Å². The monoisotopic (exact) mass is 684 g/mol. The number of carboxylic acids is 2. The van der Waals surface area contributed by atoms with Crippen LogP contribution in [-0.2, 0) is 19.1 Å². The molecule has 10 nitrogen and oxygen atoms in total. The fourth-order valence-electron chi connectivity index (χ4n) is 6.15. The zero-order chi connectivity index (χ0) is 33.6. The number of benzene rings is 4. The number of amides is 2. The molecule has 0 fully saturated rings. The minimum Gasteiger partial charge on any atom is -0.480 e. The minimum atomic E-state index is -1.28. The summed E-state index contributed by atoms with van der Waals surface area (Å²) in [5.74, 6) is -3.00. The molecule has 0 bridgehead atoms. The largest absolute Gasteiger partial charge is 0.480 e. The molecule has 0 heterocycles. The van der Waals surface area contributed by atoms with Gasteiger partial charge in [-0.2, -0.15) is 0 Å². The van der Waals surface area contributed by atoms with E-state index in [0.717, 1.165) is 66.1 Å². The Kier molecular flexibility index (Phi) is 10.2. The first-order chi connectivity index (χ1) is 23.3. The van der Waals surface area contributed by atoms with E-state index in [1.165, 1.54) is 0 Å². The first-order valence-electron chi connectivity index (χ1n) is 15.2. The third-order valence-corrected chi connectivity index (χ3v) is 10.8. The lowest BCUT2D eigenvalue weighted by molar-refractivity contribution is -0.139. The highest BCUT2D eigenvalue weighted by molar-refractivity contribution is 8.76. The van der Waals surface area contributed by atoms with Gasteiger partial charge in [-0.05, 0) is 44.5 Å². The summed E-state index contributed by atoms with van der Waals surface area (Å²) >= 11 is 0. The molecule has 2 aliphatic rings. The fraction of sp³-hybridized carbons (Fsp3) is 0.222. The number of ether oxygens (including phenoxy) is 2. The minimum absolute atomic E-state index is 0.0376. The molecule has 0 radical (unpaired) electrons. The number of aliphatic carboxylic acids is 2. The van der Waals surface area contributed by atoms with Crippen molar-refractivity contribution in [2.75, 3.05) is 24.7 Å². The second kappa shape index (κ2) is 14.9. The highest BCUT2D eigenvalue weighted by Gasteiger charge is 2.31. The summed E-state index contributed by atoms with van der Waals surface area (Å²) in [6.07, 6.45) is -1.73. The van der Waals surface area contributed by atoms with E-state index in [2.05, 4.69) is 10.6 Å². The van der Waals surface area contributed by atoms with Crippen molar-refractivity contribution < 1.29 is 38.9 Å². The van der Waals surface area contributed by atoms with Crippen molar-refractivity contribution in [3.63, 3.8) is 0 Å². The fourth-order valence-corrected chi connectivity index (χ4v) is 8.46. The van der Waals surface area contributed by atoms with Gasteiger partial charge in [0.1, 0.15) is 25.3 Å². The third kappa shape index (κ3) is 7.14. The Labute approximate surface area is 284 Å². The quantitative estimate of drug-likeness (QED) is 0.0926. The lowest BCUT2D eigenvalue weighted by Crippen LogP contribution is -2.43. The van der Waals surface area contributed by atoms with E-state index in [9.17, 15) is 29.4 Å². The molecule has 0 aliphatic heterocycles. The van der Waals surface area contributed by atoms with Gasteiger partial charge < -0.3 is 30.3 Å². The molecule has 0 saturated heterocycles. The molecule has 4 aromatic carbocycles. The molecule has 0 unspecified atom stereocenters. The highest BCUT2D eigenvalue weighted by Crippen LogP contribution is 2.45. The van der Waals surface area contributed by atoms with E-state index >= 15 is 0 Å². The molecular weight excluding hydrogens is 653 g/mol. The maximum atomic E-state index is 12.6. The summed E-state index contributed by atoms with van der Waals surface area (Å²) in [5, 5.41) is 24.2. The van der Waals surface area contributed by atoms with E-state index in [0.29, 0.717) is 0 Å². The molecule has 4 N–H and O–H groups in total. The van der Waals surface area contributed by atoms with Gasteiger partial charge in [-0.3, -0.25) is 0 Å². The van der Waals surface area contributed by atoms with Gasteiger partial charge in [0.05, 0.1) is 0 Å². The highest BCUT2D eigenvalue weighted by atomic mass is 33.1. The number of rotatable bonds is 13. The summed E-state index contributed by atoms with van der Waals surface area (Å²) in [4.78, 5) is 49.0. The Morgan fingerprint density at radius 1 is 0.542 bits per heavy atom. The van der Waals surface area contributed by atoms with Crippen LogP contribution in [0.25, 0.3) is 22.3 Å². The van der Waals surface area contributed by atoms with Crippen LogP contribution in [0.1, 0.15) is 34.1 Å². The molecule has 2 amide bonds. The Morgan fingerprint density at radius 2 is 0.833 bits per heavy atom. The molecule has 6 rings (SSSR count). The first kappa shape index (κ1) is 33.0. The Hall–Kier alpha value is -4.94. The molecule has 4 aromatic rings. The summed E-state index contributed by atoms with van der Waals surface area (Å²) < 4.78 is 10.9. The smallest absolute Gasteiger partial charge is 0.407 e. The standard InChI is InChI=1S/C36H32N2O8S2/c39-33(40)31(37-35(43)45-17-29-25-13-5-1-9-21(25)22-10-2-6-14-26(22)29)19-47-48-20-32(34(41)42)38-36(44)46-18-30-27-15-7-3-11-23(27)24-12-4-8-16-28(24)30/h1-16,29-32H,17-20H2,(H,37,43)(H,38,44)(H,39,40)(H,41,42)/t31-,32-/m1/s1. The van der Waals surface area contributed by atoms with Gasteiger partial charge in [0, 0.05) is 23.3 Å². The Morgan fingerprint density at radius 3 is 1.12 bits per heavy atom. The van der Waals surface area contributed by atoms with E-state index in [1.54, 1.807) is 0 Å². The van der Waals surface area contributed by atoms with Crippen molar-refractivity contribution in [2.24, 2.45) is 0 Å². The van der Waals surface area contributed by atoms with Crippen LogP contribution < -0.4 is 10.6 Å². The zero-order valence-corrected chi connectivity index (χ0v) is 27.2. The van der Waals surface area contributed by atoms with Gasteiger partial charge in [-0.25, -0.2) is 19.2 Å². The molecule has 48 heavy (non-hydrogen) atoms. The lowest BCUT2D eigenvalue weighted by Gasteiger charge is -2.18. The van der Waals surface area contributed by atoms with Crippen LogP contribution in [-0.4, -0.2) is 71.1 Å². The average Bonchev–Trinajstić information content (AvgIpc) is 3.59. The van der Waals surface area contributed by atoms with Crippen LogP contribution in [0.3, 0.4) is 0 Å². The second-order valence-electron chi connectivity index (χ2n) is 11.3. The zero-order valence-electron chi connectivity index (χ0n) is 25.5.